The fourth-order valence-electron chi connectivity index (χ4n) is 7.37. The van der Waals surface area contributed by atoms with Gasteiger partial charge in [0.2, 0.25) is 11.9 Å². The molecular formula is C35H46Cl2N8O. The smallest absolute Gasteiger partial charge is 0.234 e. The van der Waals surface area contributed by atoms with E-state index in [-0.39, 0.29) is 42.7 Å². The van der Waals surface area contributed by atoms with Crippen molar-refractivity contribution < 1.29 is 4.79 Å². The van der Waals surface area contributed by atoms with Crippen LogP contribution in [0.3, 0.4) is 0 Å². The van der Waals surface area contributed by atoms with Gasteiger partial charge in [-0.15, -0.1) is 24.8 Å². The maximum absolute atomic E-state index is 14.0. The number of fused-ring (bicyclic) bond motifs is 1. The number of nitrogens with one attached hydrogen (secondary N) is 2. The van der Waals surface area contributed by atoms with Gasteiger partial charge in [-0.2, -0.15) is 9.97 Å². The van der Waals surface area contributed by atoms with Crippen molar-refractivity contribution in [2.45, 2.75) is 94.3 Å². The number of piperidine rings is 1. The van der Waals surface area contributed by atoms with E-state index in [9.17, 15) is 4.79 Å². The first kappa shape index (κ1) is 33.9. The van der Waals surface area contributed by atoms with E-state index < -0.39 is 0 Å². The molecule has 7 rings (SSSR count). The van der Waals surface area contributed by atoms with Crippen LogP contribution in [0.4, 0.5) is 11.8 Å². The van der Waals surface area contributed by atoms with E-state index in [2.05, 4.69) is 39.5 Å². The number of hydrogen-bond acceptors (Lipinski definition) is 7. The summed E-state index contributed by atoms with van der Waals surface area (Å²) in [4.78, 5) is 30.8. The van der Waals surface area contributed by atoms with Crippen molar-refractivity contribution in [3.63, 3.8) is 0 Å². The van der Waals surface area contributed by atoms with E-state index in [0.29, 0.717) is 37.2 Å². The van der Waals surface area contributed by atoms with Crippen molar-refractivity contribution in [1.29, 1.82) is 0 Å². The molecule has 0 atom stereocenters. The van der Waals surface area contributed by atoms with Gasteiger partial charge in [0.15, 0.2) is 17.0 Å². The Labute approximate surface area is 284 Å². The lowest BCUT2D eigenvalue weighted by molar-refractivity contribution is -0.132. The Hall–Kier alpha value is -3.40. The topological polar surface area (TPSA) is 114 Å². The van der Waals surface area contributed by atoms with Crippen LogP contribution in [0.2, 0.25) is 0 Å². The minimum atomic E-state index is -0.300. The summed E-state index contributed by atoms with van der Waals surface area (Å²) in [7, 11) is 0. The molecular weight excluding hydrogens is 619 g/mol. The number of anilines is 2. The number of nitrogens with two attached hydrogens (primary N) is 1. The first-order chi connectivity index (χ1) is 21.6. The highest BCUT2D eigenvalue weighted by Gasteiger charge is 2.31. The Balaban J connectivity index is 0.00000208. The Kier molecular flexibility index (Phi) is 11.4. The zero-order chi connectivity index (χ0) is 29.9. The predicted octanol–water partition coefficient (Wildman–Crippen LogP) is 6.70. The number of benzene rings is 2. The van der Waals surface area contributed by atoms with Crippen LogP contribution in [0, 0.1) is 0 Å². The van der Waals surface area contributed by atoms with Crippen LogP contribution >= 0.6 is 24.8 Å². The highest BCUT2D eigenvalue weighted by molar-refractivity contribution is 5.88. The normalized spacial score (nSPS) is 20.7. The molecule has 3 fully saturated rings. The van der Waals surface area contributed by atoms with Crippen molar-refractivity contribution in [3.8, 4) is 0 Å². The second-order valence-electron chi connectivity index (χ2n) is 12.9. The summed E-state index contributed by atoms with van der Waals surface area (Å²) in [5.41, 5.74) is 9.97. The van der Waals surface area contributed by atoms with Gasteiger partial charge in [-0.1, -0.05) is 73.5 Å². The summed E-state index contributed by atoms with van der Waals surface area (Å²) in [5, 5.41) is 7.37. The van der Waals surface area contributed by atoms with Crippen molar-refractivity contribution in [2.75, 3.05) is 23.7 Å². The number of amides is 1. The number of nitrogens with zero attached hydrogens (tertiary/aromatic N) is 5. The molecule has 2 aliphatic carbocycles. The molecule has 0 bridgehead atoms. The molecule has 4 N–H and O–H groups in total. The largest absolute Gasteiger partial charge is 0.365 e. The molecule has 246 valence electrons. The molecule has 2 saturated carbocycles. The fraction of sp³-hybridized carbons (Fsp3) is 0.486. The third-order valence-electron chi connectivity index (χ3n) is 9.90. The SMILES string of the molecule is Cl.Cl.NC1CCC(Nc2nc(NC3CCN(C(=O)C(c4ccccc4)c4ccccc4)CC3)c3ncn(C4CCCC4)c3n2)CC1. The van der Waals surface area contributed by atoms with Crippen LogP contribution in [0.25, 0.3) is 11.2 Å². The lowest BCUT2D eigenvalue weighted by Crippen LogP contribution is -2.44. The van der Waals surface area contributed by atoms with E-state index in [4.69, 9.17) is 20.7 Å². The summed E-state index contributed by atoms with van der Waals surface area (Å²) in [5.74, 6) is 1.32. The molecule has 9 nitrogen and oxygen atoms in total. The molecule has 1 saturated heterocycles. The van der Waals surface area contributed by atoms with Crippen molar-refractivity contribution in [1.82, 2.24) is 24.4 Å². The van der Waals surface area contributed by atoms with Crippen molar-refractivity contribution in [3.05, 3.63) is 78.1 Å². The van der Waals surface area contributed by atoms with Crippen molar-refractivity contribution in [2.24, 2.45) is 5.73 Å². The Morgan fingerprint density at radius 3 is 1.96 bits per heavy atom. The van der Waals surface area contributed by atoms with Gasteiger partial charge in [-0.25, -0.2) is 4.98 Å². The van der Waals surface area contributed by atoms with Gasteiger partial charge in [0, 0.05) is 37.3 Å². The monoisotopic (exact) mass is 664 g/mol. The third-order valence-corrected chi connectivity index (χ3v) is 9.90. The van der Waals surface area contributed by atoms with E-state index in [1.807, 2.05) is 47.6 Å². The van der Waals surface area contributed by atoms with Crippen LogP contribution in [0.1, 0.15) is 87.3 Å². The number of likely N-dealkylation sites (tertiary alicyclic amines) is 1. The number of hydrogen-bond donors (Lipinski definition) is 3. The molecule has 3 heterocycles. The van der Waals surface area contributed by atoms with Gasteiger partial charge >= 0.3 is 0 Å². The molecule has 3 aliphatic rings. The van der Waals surface area contributed by atoms with E-state index >= 15 is 0 Å². The van der Waals surface area contributed by atoms with Crippen LogP contribution < -0.4 is 16.4 Å². The Morgan fingerprint density at radius 2 is 1.35 bits per heavy atom. The van der Waals surface area contributed by atoms with Gasteiger partial charge in [-0.3, -0.25) is 4.79 Å². The van der Waals surface area contributed by atoms with E-state index in [0.717, 1.165) is 66.6 Å². The Bertz CT molecular complexity index is 1510. The zero-order valence-electron chi connectivity index (χ0n) is 26.3. The van der Waals surface area contributed by atoms with Gasteiger partial charge in [0.05, 0.1) is 12.2 Å². The van der Waals surface area contributed by atoms with Crippen LogP contribution in [0.5, 0.6) is 0 Å². The van der Waals surface area contributed by atoms with E-state index in [1.54, 1.807) is 0 Å². The summed E-state index contributed by atoms with van der Waals surface area (Å²) < 4.78 is 2.27. The summed E-state index contributed by atoms with van der Waals surface area (Å²) >= 11 is 0. The molecule has 2 aromatic heterocycles. The second-order valence-corrected chi connectivity index (χ2v) is 12.9. The summed E-state index contributed by atoms with van der Waals surface area (Å²) in [6.45, 7) is 1.40. The van der Waals surface area contributed by atoms with Gasteiger partial charge in [0.1, 0.15) is 0 Å². The standard InChI is InChI=1S/C35H44N8O.2ClH/c36-26-15-17-27(18-16-26)39-35-40-32(31-33(41-35)43(23-37-31)29-13-7-8-14-29)38-28-19-21-42(22-20-28)34(44)30(24-9-3-1-4-10-24)25-11-5-2-6-12-25;;/h1-6,9-12,23,26-30H,7-8,13-22,36H2,(H2,38,39,40,41);2*1H. The molecule has 1 aliphatic heterocycles. The van der Waals surface area contributed by atoms with Gasteiger partial charge in [0.25, 0.3) is 0 Å². The molecule has 0 unspecified atom stereocenters. The summed E-state index contributed by atoms with van der Waals surface area (Å²) in [6, 6.07) is 21.5. The number of rotatable bonds is 8. The van der Waals surface area contributed by atoms with E-state index in [1.165, 1.54) is 25.7 Å². The first-order valence-corrected chi connectivity index (χ1v) is 16.5. The number of carbonyl (C=O) groups excluding carboxylic acids is 1. The van der Waals surface area contributed by atoms with Crippen LogP contribution in [-0.2, 0) is 4.79 Å². The molecule has 2 aromatic carbocycles. The quantitative estimate of drug-likeness (QED) is 0.192. The molecule has 4 aromatic rings. The maximum Gasteiger partial charge on any atom is 0.234 e. The molecule has 11 heteroatoms. The molecule has 46 heavy (non-hydrogen) atoms. The lowest BCUT2D eigenvalue weighted by atomic mass is 9.89. The third kappa shape index (κ3) is 7.42. The minimum Gasteiger partial charge on any atom is -0.365 e. The number of aromatic nitrogens is 4. The number of halogens is 2. The Morgan fingerprint density at radius 1 is 0.761 bits per heavy atom. The van der Waals surface area contributed by atoms with Gasteiger partial charge in [-0.05, 0) is 62.5 Å². The van der Waals surface area contributed by atoms with Crippen LogP contribution in [0.15, 0.2) is 67.0 Å². The van der Waals surface area contributed by atoms with Crippen LogP contribution in [-0.4, -0.2) is 61.5 Å². The fourth-order valence-corrected chi connectivity index (χ4v) is 7.37. The number of carbonyl (C=O) groups is 1. The highest BCUT2D eigenvalue weighted by atomic mass is 35.5. The van der Waals surface area contributed by atoms with Gasteiger partial charge < -0.3 is 25.8 Å². The molecule has 0 radical (unpaired) electrons. The number of imidazole rings is 1. The lowest BCUT2D eigenvalue weighted by Gasteiger charge is -2.35. The minimum absolute atomic E-state index is 0. The first-order valence-electron chi connectivity index (χ1n) is 16.5. The second kappa shape index (κ2) is 15.5. The van der Waals surface area contributed by atoms with Crippen molar-refractivity contribution >= 4 is 53.7 Å². The summed E-state index contributed by atoms with van der Waals surface area (Å²) in [6.07, 6.45) is 12.6. The maximum atomic E-state index is 14.0. The average Bonchev–Trinajstić information content (AvgIpc) is 3.74. The molecule has 0 spiro atoms. The highest BCUT2D eigenvalue weighted by Crippen LogP contribution is 2.34. The molecule has 1 amide bonds. The average molecular weight is 666 g/mol. The zero-order valence-corrected chi connectivity index (χ0v) is 27.9. The predicted molar refractivity (Wildman–Crippen MR) is 189 cm³/mol.